The normalized spacial score (nSPS) is 22.3. The predicted molar refractivity (Wildman–Crippen MR) is 74.5 cm³/mol. The number of imide groups is 1. The number of hydrogen-bond donors (Lipinski definition) is 2. The number of carbonyl (C=O) groups excluding carboxylic acids is 3. The van der Waals surface area contributed by atoms with Crippen LogP contribution < -0.4 is 11.5 Å². The Kier molecular flexibility index (Phi) is 5.10. The summed E-state index contributed by atoms with van der Waals surface area (Å²) < 4.78 is 0. The van der Waals surface area contributed by atoms with Crippen molar-refractivity contribution in [3.8, 4) is 0 Å². The highest BCUT2D eigenvalue weighted by Crippen LogP contribution is 2.20. The molecule has 1 heterocycles. The first kappa shape index (κ1) is 16.4. The van der Waals surface area contributed by atoms with E-state index < -0.39 is 29.9 Å². The molecule has 0 aromatic carbocycles. The monoisotopic (exact) mass is 284 g/mol. The average molecular weight is 284 g/mol. The van der Waals surface area contributed by atoms with Crippen LogP contribution in [0.25, 0.3) is 0 Å². The van der Waals surface area contributed by atoms with Gasteiger partial charge in [-0.25, -0.2) is 4.79 Å². The average Bonchev–Trinajstić information content (AvgIpc) is 2.62. The third-order valence-corrected chi connectivity index (χ3v) is 3.51. The first-order valence-electron chi connectivity index (χ1n) is 6.85. The van der Waals surface area contributed by atoms with Crippen LogP contribution in [0.5, 0.6) is 0 Å². The van der Waals surface area contributed by atoms with Crippen molar-refractivity contribution in [2.75, 3.05) is 6.54 Å². The van der Waals surface area contributed by atoms with E-state index in [1.807, 2.05) is 13.8 Å². The van der Waals surface area contributed by atoms with Crippen molar-refractivity contribution >= 4 is 17.8 Å². The number of nitrogens with zero attached hydrogens (tertiary/aromatic N) is 2. The molecule has 2 unspecified atom stereocenters. The molecule has 0 aliphatic carbocycles. The molecule has 7 nitrogen and oxygen atoms in total. The minimum absolute atomic E-state index is 0.237. The van der Waals surface area contributed by atoms with Gasteiger partial charge in [0.1, 0.15) is 6.04 Å². The summed E-state index contributed by atoms with van der Waals surface area (Å²) in [6, 6.07) is -2.18. The van der Waals surface area contributed by atoms with Gasteiger partial charge in [-0.05, 0) is 26.2 Å². The van der Waals surface area contributed by atoms with Crippen LogP contribution in [0, 0.1) is 5.92 Å². The topological polar surface area (TPSA) is 110 Å². The third-order valence-electron chi connectivity index (χ3n) is 3.51. The van der Waals surface area contributed by atoms with Gasteiger partial charge in [0.05, 0.1) is 12.6 Å². The maximum Gasteiger partial charge on any atom is 0.327 e. The first-order chi connectivity index (χ1) is 9.16. The van der Waals surface area contributed by atoms with E-state index in [2.05, 4.69) is 0 Å². The Labute approximate surface area is 119 Å². The van der Waals surface area contributed by atoms with Gasteiger partial charge in [-0.2, -0.15) is 0 Å². The molecule has 1 aliphatic rings. The van der Waals surface area contributed by atoms with Gasteiger partial charge >= 0.3 is 6.03 Å². The summed E-state index contributed by atoms with van der Waals surface area (Å²) in [6.45, 7) is 7.49. The van der Waals surface area contributed by atoms with E-state index in [0.717, 1.165) is 4.90 Å². The van der Waals surface area contributed by atoms with E-state index in [1.165, 1.54) is 4.90 Å². The van der Waals surface area contributed by atoms with Crippen LogP contribution in [0.15, 0.2) is 0 Å². The lowest BCUT2D eigenvalue weighted by atomic mass is 10.0. The molecule has 4 amide bonds. The molecule has 0 bridgehead atoms. The fourth-order valence-corrected chi connectivity index (χ4v) is 2.44. The zero-order valence-corrected chi connectivity index (χ0v) is 12.5. The molecule has 0 spiro atoms. The Morgan fingerprint density at radius 3 is 2.35 bits per heavy atom. The van der Waals surface area contributed by atoms with Gasteiger partial charge in [-0.1, -0.05) is 13.8 Å². The van der Waals surface area contributed by atoms with Crippen molar-refractivity contribution in [3.63, 3.8) is 0 Å². The number of hydrogen-bond acceptors (Lipinski definition) is 4. The van der Waals surface area contributed by atoms with Gasteiger partial charge in [-0.15, -0.1) is 0 Å². The zero-order chi connectivity index (χ0) is 15.6. The maximum absolute atomic E-state index is 12.3. The predicted octanol–water partition coefficient (Wildman–Crippen LogP) is -0.114. The van der Waals surface area contributed by atoms with Gasteiger partial charge in [-0.3, -0.25) is 14.5 Å². The van der Waals surface area contributed by atoms with Crippen molar-refractivity contribution in [2.45, 2.75) is 52.2 Å². The second kappa shape index (κ2) is 6.21. The molecule has 1 saturated heterocycles. The van der Waals surface area contributed by atoms with Crippen molar-refractivity contribution in [1.82, 2.24) is 9.80 Å². The van der Waals surface area contributed by atoms with Crippen LogP contribution in [-0.4, -0.2) is 52.3 Å². The second-order valence-corrected chi connectivity index (χ2v) is 5.80. The summed E-state index contributed by atoms with van der Waals surface area (Å²) in [5, 5.41) is 0. The number of amides is 4. The highest BCUT2D eigenvalue weighted by molar-refractivity contribution is 6.00. The van der Waals surface area contributed by atoms with Crippen LogP contribution in [0.1, 0.15) is 34.1 Å². The molecular weight excluding hydrogens is 260 g/mol. The second-order valence-electron chi connectivity index (χ2n) is 5.80. The Balaban J connectivity index is 2.82. The lowest BCUT2D eigenvalue weighted by Gasteiger charge is -2.25. The van der Waals surface area contributed by atoms with Crippen LogP contribution in [-0.2, 0) is 9.59 Å². The molecule has 0 aromatic heterocycles. The molecule has 1 rings (SSSR count). The Hall–Kier alpha value is -1.63. The van der Waals surface area contributed by atoms with E-state index in [4.69, 9.17) is 11.5 Å². The molecule has 20 heavy (non-hydrogen) atoms. The van der Waals surface area contributed by atoms with E-state index in [9.17, 15) is 14.4 Å². The van der Waals surface area contributed by atoms with E-state index in [-0.39, 0.29) is 18.5 Å². The van der Waals surface area contributed by atoms with Gasteiger partial charge in [0.2, 0.25) is 11.8 Å². The summed E-state index contributed by atoms with van der Waals surface area (Å²) in [5.74, 6) is -0.717. The Morgan fingerprint density at radius 1 is 1.35 bits per heavy atom. The minimum atomic E-state index is -0.739. The summed E-state index contributed by atoms with van der Waals surface area (Å²) in [5.41, 5.74) is 11.1. The largest absolute Gasteiger partial charge is 0.368 e. The standard InChI is InChI=1S/C13H24N4O3/c1-7(2)5-10(14)12(19)16-6-8(3)17(13(16)20)9(4)11(15)18/h7-10H,5-6,14H2,1-4H3,(H2,15,18)/t8?,9?,10-/m0/s1. The van der Waals surface area contributed by atoms with E-state index >= 15 is 0 Å². The fraction of sp³-hybridized carbons (Fsp3) is 0.769. The van der Waals surface area contributed by atoms with Crippen LogP contribution in [0.4, 0.5) is 4.79 Å². The maximum atomic E-state index is 12.3. The highest BCUT2D eigenvalue weighted by Gasteiger charge is 2.43. The van der Waals surface area contributed by atoms with Gasteiger partial charge in [0, 0.05) is 6.04 Å². The fourth-order valence-electron chi connectivity index (χ4n) is 2.44. The third kappa shape index (κ3) is 3.27. The number of carbonyl (C=O) groups is 3. The van der Waals surface area contributed by atoms with Crippen LogP contribution >= 0.6 is 0 Å². The molecule has 3 atom stereocenters. The molecule has 7 heteroatoms. The number of urea groups is 1. The lowest BCUT2D eigenvalue weighted by Crippen LogP contribution is -2.50. The molecule has 4 N–H and O–H groups in total. The molecular formula is C13H24N4O3. The van der Waals surface area contributed by atoms with Gasteiger partial charge < -0.3 is 16.4 Å². The number of nitrogens with two attached hydrogens (primary N) is 2. The molecule has 0 radical (unpaired) electrons. The lowest BCUT2D eigenvalue weighted by molar-refractivity contribution is -0.129. The van der Waals surface area contributed by atoms with E-state index in [1.54, 1.807) is 13.8 Å². The quantitative estimate of drug-likeness (QED) is 0.733. The zero-order valence-electron chi connectivity index (χ0n) is 12.5. The molecule has 1 fully saturated rings. The van der Waals surface area contributed by atoms with Gasteiger partial charge in [0.15, 0.2) is 0 Å². The molecule has 0 saturated carbocycles. The number of rotatable bonds is 5. The van der Waals surface area contributed by atoms with Crippen molar-refractivity contribution in [2.24, 2.45) is 17.4 Å². The van der Waals surface area contributed by atoms with E-state index in [0.29, 0.717) is 6.42 Å². The smallest absolute Gasteiger partial charge is 0.327 e. The van der Waals surface area contributed by atoms with Crippen molar-refractivity contribution in [3.05, 3.63) is 0 Å². The Bertz CT molecular complexity index is 410. The highest BCUT2D eigenvalue weighted by atomic mass is 16.2. The Morgan fingerprint density at radius 2 is 1.90 bits per heavy atom. The molecule has 0 aromatic rings. The van der Waals surface area contributed by atoms with Crippen LogP contribution in [0.3, 0.4) is 0 Å². The summed E-state index contributed by atoms with van der Waals surface area (Å²) in [6.07, 6.45) is 0.516. The summed E-state index contributed by atoms with van der Waals surface area (Å²) in [4.78, 5) is 38.2. The summed E-state index contributed by atoms with van der Waals surface area (Å²) in [7, 11) is 0. The molecule has 1 aliphatic heterocycles. The number of primary amides is 1. The minimum Gasteiger partial charge on any atom is -0.368 e. The van der Waals surface area contributed by atoms with Crippen molar-refractivity contribution in [1.29, 1.82) is 0 Å². The summed E-state index contributed by atoms with van der Waals surface area (Å²) >= 11 is 0. The van der Waals surface area contributed by atoms with Crippen molar-refractivity contribution < 1.29 is 14.4 Å². The van der Waals surface area contributed by atoms with Crippen LogP contribution in [0.2, 0.25) is 0 Å². The van der Waals surface area contributed by atoms with Gasteiger partial charge in [0.25, 0.3) is 0 Å². The SMILES string of the molecule is CC(C)C[C@H](N)C(=O)N1CC(C)N(C(C)C(N)=O)C1=O. The molecule has 114 valence electrons. The first-order valence-corrected chi connectivity index (χ1v) is 6.85.